The highest BCUT2D eigenvalue weighted by atomic mass is 16.3. The molecule has 0 aromatic heterocycles. The SMILES string of the molecule is CC1(C)[C@H]2[C@@H]1C(=O)C[C@]1(C)CCC[C@](C)(O)[C@@H]21. The first-order valence-corrected chi connectivity index (χ1v) is 6.95. The van der Waals surface area contributed by atoms with Crippen LogP contribution >= 0.6 is 0 Å². The van der Waals surface area contributed by atoms with Crippen LogP contribution in [-0.4, -0.2) is 16.5 Å². The van der Waals surface area contributed by atoms with Crippen molar-refractivity contribution in [3.8, 4) is 0 Å². The van der Waals surface area contributed by atoms with Gasteiger partial charge in [0.25, 0.3) is 0 Å². The van der Waals surface area contributed by atoms with Crippen molar-refractivity contribution in [3.63, 3.8) is 0 Å². The molecule has 17 heavy (non-hydrogen) atoms. The molecule has 0 unspecified atom stereocenters. The molecule has 2 nitrogen and oxygen atoms in total. The van der Waals surface area contributed by atoms with Crippen molar-refractivity contribution in [1.29, 1.82) is 0 Å². The molecule has 96 valence electrons. The van der Waals surface area contributed by atoms with E-state index >= 15 is 0 Å². The van der Waals surface area contributed by atoms with Crippen LogP contribution in [0.4, 0.5) is 0 Å². The van der Waals surface area contributed by atoms with Gasteiger partial charge >= 0.3 is 0 Å². The summed E-state index contributed by atoms with van der Waals surface area (Å²) < 4.78 is 0. The Bertz CT molecular complexity index is 382. The van der Waals surface area contributed by atoms with Gasteiger partial charge in [0.1, 0.15) is 5.78 Å². The van der Waals surface area contributed by atoms with Gasteiger partial charge in [0.15, 0.2) is 0 Å². The minimum absolute atomic E-state index is 0.0494. The van der Waals surface area contributed by atoms with Crippen LogP contribution in [0.1, 0.15) is 53.4 Å². The lowest BCUT2D eigenvalue weighted by molar-refractivity contribution is -0.145. The fourth-order valence-electron chi connectivity index (χ4n) is 5.35. The van der Waals surface area contributed by atoms with Crippen molar-refractivity contribution in [3.05, 3.63) is 0 Å². The van der Waals surface area contributed by atoms with Crippen molar-refractivity contribution < 1.29 is 9.90 Å². The Hall–Kier alpha value is -0.370. The number of fused-ring (bicyclic) bond motifs is 3. The fourth-order valence-corrected chi connectivity index (χ4v) is 5.35. The number of Topliss-reactive ketones (excluding diaryl/α,β-unsaturated/α-hetero) is 1. The maximum atomic E-state index is 12.2. The third-order valence-corrected chi connectivity index (χ3v) is 6.05. The van der Waals surface area contributed by atoms with Crippen LogP contribution in [-0.2, 0) is 4.79 Å². The highest BCUT2D eigenvalue weighted by Gasteiger charge is 2.73. The van der Waals surface area contributed by atoms with Gasteiger partial charge in [-0.1, -0.05) is 27.2 Å². The molecule has 3 rings (SSSR count). The van der Waals surface area contributed by atoms with Gasteiger partial charge < -0.3 is 5.11 Å². The van der Waals surface area contributed by atoms with E-state index < -0.39 is 5.60 Å². The van der Waals surface area contributed by atoms with Crippen LogP contribution in [0.2, 0.25) is 0 Å². The van der Waals surface area contributed by atoms with E-state index in [4.69, 9.17) is 0 Å². The third kappa shape index (κ3) is 1.34. The summed E-state index contributed by atoms with van der Waals surface area (Å²) in [5.41, 5.74) is -0.390. The smallest absolute Gasteiger partial charge is 0.137 e. The van der Waals surface area contributed by atoms with Gasteiger partial charge in [-0.25, -0.2) is 0 Å². The Labute approximate surface area is 104 Å². The molecular weight excluding hydrogens is 212 g/mol. The summed E-state index contributed by atoms with van der Waals surface area (Å²) in [5.74, 6) is 1.42. The topological polar surface area (TPSA) is 37.3 Å². The van der Waals surface area contributed by atoms with Gasteiger partial charge in [-0.05, 0) is 42.4 Å². The Balaban J connectivity index is 2.04. The Morgan fingerprint density at radius 3 is 2.47 bits per heavy atom. The van der Waals surface area contributed by atoms with Crippen molar-refractivity contribution >= 4 is 5.78 Å². The summed E-state index contributed by atoms with van der Waals surface area (Å²) in [6.07, 6.45) is 3.77. The lowest BCUT2D eigenvalue weighted by atomic mass is 9.54. The molecule has 3 saturated carbocycles. The largest absolute Gasteiger partial charge is 0.390 e. The molecule has 3 aliphatic rings. The first-order valence-electron chi connectivity index (χ1n) is 6.95. The average molecular weight is 236 g/mol. The number of carbonyl (C=O) groups is 1. The van der Waals surface area contributed by atoms with E-state index in [-0.39, 0.29) is 16.7 Å². The fraction of sp³-hybridized carbons (Fsp3) is 0.933. The molecular formula is C15H24O2. The molecule has 0 bridgehead atoms. The van der Waals surface area contributed by atoms with Gasteiger partial charge in [0, 0.05) is 12.3 Å². The molecule has 0 aromatic rings. The molecule has 0 saturated heterocycles. The molecule has 2 heteroatoms. The zero-order valence-electron chi connectivity index (χ0n) is 11.4. The van der Waals surface area contributed by atoms with Crippen LogP contribution in [0.5, 0.6) is 0 Å². The minimum Gasteiger partial charge on any atom is -0.390 e. The van der Waals surface area contributed by atoms with E-state index in [1.165, 1.54) is 0 Å². The standard InChI is InChI=1S/C15H24O2/c1-13(2)10-9(16)8-14(3)6-5-7-15(4,17)12(14)11(10)13/h10-12,17H,5-8H2,1-4H3/t10-,11-,12-,14-,15-/m0/s1. The van der Waals surface area contributed by atoms with Crippen LogP contribution in [0, 0.1) is 28.6 Å². The Kier molecular flexibility index (Phi) is 2.04. The molecule has 3 aliphatic carbocycles. The van der Waals surface area contributed by atoms with Gasteiger partial charge in [0.05, 0.1) is 5.60 Å². The lowest BCUT2D eigenvalue weighted by Gasteiger charge is -2.52. The van der Waals surface area contributed by atoms with E-state index in [9.17, 15) is 9.90 Å². The van der Waals surface area contributed by atoms with Crippen LogP contribution in [0.3, 0.4) is 0 Å². The predicted octanol–water partition coefficient (Wildman–Crippen LogP) is 2.79. The van der Waals surface area contributed by atoms with Crippen LogP contribution < -0.4 is 0 Å². The van der Waals surface area contributed by atoms with E-state index in [0.717, 1.165) is 19.3 Å². The lowest BCUT2D eigenvalue weighted by Crippen LogP contribution is -2.52. The summed E-state index contributed by atoms with van der Waals surface area (Å²) in [4.78, 5) is 12.2. The summed E-state index contributed by atoms with van der Waals surface area (Å²) in [6.45, 7) is 8.64. The van der Waals surface area contributed by atoms with Crippen LogP contribution in [0.15, 0.2) is 0 Å². The molecule has 1 N–H and O–H groups in total. The highest BCUT2D eigenvalue weighted by molar-refractivity contribution is 5.87. The second-order valence-corrected chi connectivity index (χ2v) is 7.81. The van der Waals surface area contributed by atoms with E-state index in [1.807, 2.05) is 6.92 Å². The number of aliphatic hydroxyl groups is 1. The van der Waals surface area contributed by atoms with Crippen molar-refractivity contribution in [2.75, 3.05) is 0 Å². The molecule has 0 amide bonds. The summed E-state index contributed by atoms with van der Waals surface area (Å²) in [5, 5.41) is 10.7. The van der Waals surface area contributed by atoms with E-state index in [2.05, 4.69) is 20.8 Å². The Morgan fingerprint density at radius 2 is 1.82 bits per heavy atom. The summed E-state index contributed by atoms with van der Waals surface area (Å²) >= 11 is 0. The number of ketones is 1. The third-order valence-electron chi connectivity index (χ3n) is 6.05. The zero-order chi connectivity index (χ0) is 12.6. The highest BCUT2D eigenvalue weighted by Crippen LogP contribution is 2.73. The number of hydrogen-bond donors (Lipinski definition) is 1. The molecule has 0 spiro atoms. The van der Waals surface area contributed by atoms with Gasteiger partial charge in [-0.15, -0.1) is 0 Å². The van der Waals surface area contributed by atoms with Gasteiger partial charge in [0.2, 0.25) is 0 Å². The number of carbonyl (C=O) groups excluding carboxylic acids is 1. The normalized spacial score (nSPS) is 56.1. The zero-order valence-corrected chi connectivity index (χ0v) is 11.4. The molecule has 3 fully saturated rings. The molecule has 0 heterocycles. The molecule has 0 aliphatic heterocycles. The predicted molar refractivity (Wildman–Crippen MR) is 66.5 cm³/mol. The first-order chi connectivity index (χ1) is 7.70. The number of rotatable bonds is 0. The average Bonchev–Trinajstić information content (AvgIpc) is 2.66. The van der Waals surface area contributed by atoms with Crippen molar-refractivity contribution in [2.24, 2.45) is 28.6 Å². The van der Waals surface area contributed by atoms with Crippen molar-refractivity contribution in [2.45, 2.75) is 59.0 Å². The van der Waals surface area contributed by atoms with E-state index in [0.29, 0.717) is 24.0 Å². The van der Waals surface area contributed by atoms with Crippen molar-refractivity contribution in [1.82, 2.24) is 0 Å². The summed E-state index contributed by atoms with van der Waals surface area (Å²) in [7, 11) is 0. The molecule has 0 aromatic carbocycles. The second kappa shape index (κ2) is 2.96. The second-order valence-electron chi connectivity index (χ2n) is 7.81. The maximum absolute atomic E-state index is 12.2. The Morgan fingerprint density at radius 1 is 1.18 bits per heavy atom. The monoisotopic (exact) mass is 236 g/mol. The van der Waals surface area contributed by atoms with E-state index in [1.54, 1.807) is 0 Å². The quantitative estimate of drug-likeness (QED) is 0.702. The summed E-state index contributed by atoms with van der Waals surface area (Å²) in [6, 6.07) is 0. The minimum atomic E-state index is -0.565. The maximum Gasteiger partial charge on any atom is 0.137 e. The van der Waals surface area contributed by atoms with Gasteiger partial charge in [-0.2, -0.15) is 0 Å². The van der Waals surface area contributed by atoms with Crippen LogP contribution in [0.25, 0.3) is 0 Å². The van der Waals surface area contributed by atoms with Gasteiger partial charge in [-0.3, -0.25) is 4.79 Å². The number of hydrogen-bond acceptors (Lipinski definition) is 2. The molecule has 0 radical (unpaired) electrons. The first kappa shape index (κ1) is 11.7. The molecule has 5 atom stereocenters.